The Bertz CT molecular complexity index is 150. The molecule has 0 radical (unpaired) electrons. The lowest BCUT2D eigenvalue weighted by molar-refractivity contribution is -0.142. The van der Waals surface area contributed by atoms with Gasteiger partial charge in [-0.1, -0.05) is 38.8 Å². The lowest BCUT2D eigenvalue weighted by Crippen LogP contribution is -2.03. The largest absolute Gasteiger partial charge is 0.465 e. The first kappa shape index (κ1) is 12.2. The molecule has 76 valence electrons. The van der Waals surface area contributed by atoms with Crippen LogP contribution in [0.1, 0.15) is 46.0 Å². The van der Waals surface area contributed by atoms with E-state index in [1.54, 1.807) is 0 Å². The van der Waals surface area contributed by atoms with Crippen LogP contribution in [0, 0.1) is 0 Å². The summed E-state index contributed by atoms with van der Waals surface area (Å²) in [6, 6.07) is 0. The predicted molar refractivity (Wildman–Crippen MR) is 54.5 cm³/mol. The van der Waals surface area contributed by atoms with Gasteiger partial charge in [0.05, 0.1) is 13.0 Å². The van der Waals surface area contributed by atoms with E-state index in [-0.39, 0.29) is 5.97 Å². The van der Waals surface area contributed by atoms with Gasteiger partial charge in [-0.2, -0.15) is 0 Å². The zero-order valence-corrected chi connectivity index (χ0v) is 8.71. The zero-order valence-electron chi connectivity index (χ0n) is 8.71. The van der Waals surface area contributed by atoms with Crippen LogP contribution in [0.4, 0.5) is 0 Å². The van der Waals surface area contributed by atoms with Gasteiger partial charge < -0.3 is 4.74 Å². The number of rotatable bonds is 7. The Morgan fingerprint density at radius 1 is 1.23 bits per heavy atom. The molecule has 0 aromatic heterocycles. The Morgan fingerprint density at radius 3 is 2.62 bits per heavy atom. The van der Waals surface area contributed by atoms with E-state index in [2.05, 4.69) is 13.8 Å². The summed E-state index contributed by atoms with van der Waals surface area (Å²) < 4.78 is 4.97. The lowest BCUT2D eigenvalue weighted by Gasteiger charge is -2.00. The van der Waals surface area contributed by atoms with E-state index in [0.29, 0.717) is 13.0 Å². The second kappa shape index (κ2) is 9.30. The summed E-state index contributed by atoms with van der Waals surface area (Å²) in [6.07, 6.45) is 8.54. The van der Waals surface area contributed by atoms with E-state index in [4.69, 9.17) is 4.74 Å². The Kier molecular flexibility index (Phi) is 8.73. The van der Waals surface area contributed by atoms with Crippen molar-refractivity contribution in [3.05, 3.63) is 12.2 Å². The van der Waals surface area contributed by atoms with E-state index >= 15 is 0 Å². The minimum atomic E-state index is -0.110. The Hall–Kier alpha value is -0.790. The molecule has 0 saturated heterocycles. The molecule has 0 aliphatic rings. The maximum absolute atomic E-state index is 11.0. The van der Waals surface area contributed by atoms with Crippen molar-refractivity contribution in [1.82, 2.24) is 0 Å². The Morgan fingerprint density at radius 2 is 2.00 bits per heavy atom. The predicted octanol–water partition coefficient (Wildman–Crippen LogP) is 3.08. The fourth-order valence-corrected chi connectivity index (χ4v) is 0.853. The average molecular weight is 184 g/mol. The molecular formula is C11H20O2. The van der Waals surface area contributed by atoms with E-state index in [1.807, 2.05) is 12.2 Å². The first-order valence-electron chi connectivity index (χ1n) is 5.11. The third-order valence-corrected chi connectivity index (χ3v) is 1.67. The molecule has 0 bridgehead atoms. The van der Waals surface area contributed by atoms with E-state index < -0.39 is 0 Å². The summed E-state index contributed by atoms with van der Waals surface area (Å²) in [6.45, 7) is 4.76. The van der Waals surface area contributed by atoms with Gasteiger partial charge in [0.1, 0.15) is 0 Å². The Labute approximate surface area is 81.0 Å². The van der Waals surface area contributed by atoms with Crippen molar-refractivity contribution in [2.75, 3.05) is 6.61 Å². The molecule has 0 unspecified atom stereocenters. The number of carbonyl (C=O) groups excluding carboxylic acids is 1. The lowest BCUT2D eigenvalue weighted by atomic mass is 10.3. The molecule has 0 spiro atoms. The van der Waals surface area contributed by atoms with Crippen LogP contribution < -0.4 is 0 Å². The third-order valence-electron chi connectivity index (χ3n) is 1.67. The highest BCUT2D eigenvalue weighted by Crippen LogP contribution is 1.95. The standard InChI is InChI=1S/C11H20O2/c1-3-5-7-8-9-11(12)13-10-6-4-2/h7-8H,3-6,9-10H2,1-2H3. The normalized spacial score (nSPS) is 10.6. The molecule has 13 heavy (non-hydrogen) atoms. The van der Waals surface area contributed by atoms with Crippen LogP contribution in [0.2, 0.25) is 0 Å². The summed E-state index contributed by atoms with van der Waals surface area (Å²) in [5, 5.41) is 0. The zero-order chi connectivity index (χ0) is 9.94. The number of esters is 1. The number of unbranched alkanes of at least 4 members (excludes halogenated alkanes) is 2. The molecule has 0 aromatic rings. The van der Waals surface area contributed by atoms with Gasteiger partial charge in [0, 0.05) is 0 Å². The van der Waals surface area contributed by atoms with Gasteiger partial charge in [-0.3, -0.25) is 4.79 Å². The van der Waals surface area contributed by atoms with Gasteiger partial charge in [-0.15, -0.1) is 0 Å². The van der Waals surface area contributed by atoms with Crippen molar-refractivity contribution in [2.24, 2.45) is 0 Å². The SMILES string of the molecule is CCCC=CCC(=O)OCCCC. The average Bonchev–Trinajstić information content (AvgIpc) is 2.13. The molecule has 0 aliphatic heterocycles. The van der Waals surface area contributed by atoms with Gasteiger partial charge in [0.15, 0.2) is 0 Å². The fraction of sp³-hybridized carbons (Fsp3) is 0.727. The molecule has 2 nitrogen and oxygen atoms in total. The summed E-state index contributed by atoms with van der Waals surface area (Å²) >= 11 is 0. The van der Waals surface area contributed by atoms with Crippen LogP contribution in [0.15, 0.2) is 12.2 Å². The van der Waals surface area contributed by atoms with E-state index in [1.165, 1.54) is 0 Å². The number of ether oxygens (including phenoxy) is 1. The van der Waals surface area contributed by atoms with Crippen molar-refractivity contribution >= 4 is 5.97 Å². The highest BCUT2D eigenvalue weighted by Gasteiger charge is 1.97. The number of hydrogen-bond donors (Lipinski definition) is 0. The summed E-state index contributed by atoms with van der Waals surface area (Å²) in [5.41, 5.74) is 0. The van der Waals surface area contributed by atoms with Gasteiger partial charge in [-0.25, -0.2) is 0 Å². The van der Waals surface area contributed by atoms with Crippen LogP contribution in [-0.4, -0.2) is 12.6 Å². The second-order valence-electron chi connectivity index (χ2n) is 3.04. The van der Waals surface area contributed by atoms with Crippen molar-refractivity contribution in [3.63, 3.8) is 0 Å². The highest BCUT2D eigenvalue weighted by molar-refractivity contribution is 5.71. The monoisotopic (exact) mass is 184 g/mol. The molecule has 0 fully saturated rings. The van der Waals surface area contributed by atoms with Gasteiger partial charge in [-0.05, 0) is 12.8 Å². The minimum absolute atomic E-state index is 0.110. The molecule has 0 N–H and O–H groups in total. The van der Waals surface area contributed by atoms with Crippen molar-refractivity contribution in [1.29, 1.82) is 0 Å². The van der Waals surface area contributed by atoms with Crippen LogP contribution in [0.25, 0.3) is 0 Å². The maximum atomic E-state index is 11.0. The van der Waals surface area contributed by atoms with E-state index in [0.717, 1.165) is 25.7 Å². The topological polar surface area (TPSA) is 26.3 Å². The molecule has 0 saturated carbocycles. The third kappa shape index (κ3) is 9.12. The number of carbonyl (C=O) groups is 1. The number of allylic oxidation sites excluding steroid dienone is 1. The summed E-state index contributed by atoms with van der Waals surface area (Å²) in [5.74, 6) is -0.110. The van der Waals surface area contributed by atoms with Crippen LogP contribution in [-0.2, 0) is 9.53 Å². The molecule has 2 heteroatoms. The molecule has 0 aromatic carbocycles. The molecule has 0 rings (SSSR count). The van der Waals surface area contributed by atoms with Crippen molar-refractivity contribution in [3.8, 4) is 0 Å². The second-order valence-corrected chi connectivity index (χ2v) is 3.04. The fourth-order valence-electron chi connectivity index (χ4n) is 0.853. The van der Waals surface area contributed by atoms with Crippen LogP contribution >= 0.6 is 0 Å². The quantitative estimate of drug-likeness (QED) is 0.345. The molecule has 0 atom stereocenters. The van der Waals surface area contributed by atoms with Crippen LogP contribution in [0.5, 0.6) is 0 Å². The van der Waals surface area contributed by atoms with E-state index in [9.17, 15) is 4.79 Å². The van der Waals surface area contributed by atoms with Crippen LogP contribution in [0.3, 0.4) is 0 Å². The highest BCUT2D eigenvalue weighted by atomic mass is 16.5. The summed E-state index contributed by atoms with van der Waals surface area (Å²) in [4.78, 5) is 11.0. The first-order valence-corrected chi connectivity index (χ1v) is 5.11. The minimum Gasteiger partial charge on any atom is -0.465 e. The summed E-state index contributed by atoms with van der Waals surface area (Å²) in [7, 11) is 0. The first-order chi connectivity index (χ1) is 6.31. The smallest absolute Gasteiger partial charge is 0.309 e. The van der Waals surface area contributed by atoms with Crippen molar-refractivity contribution < 1.29 is 9.53 Å². The molecule has 0 aliphatic carbocycles. The van der Waals surface area contributed by atoms with Gasteiger partial charge in [0.25, 0.3) is 0 Å². The Balaban J connectivity index is 3.29. The number of hydrogen-bond acceptors (Lipinski definition) is 2. The molecule has 0 heterocycles. The molecule has 0 amide bonds. The maximum Gasteiger partial charge on any atom is 0.309 e. The molecular weight excluding hydrogens is 164 g/mol. The van der Waals surface area contributed by atoms with Gasteiger partial charge >= 0.3 is 5.97 Å². The van der Waals surface area contributed by atoms with Gasteiger partial charge in [0.2, 0.25) is 0 Å². The van der Waals surface area contributed by atoms with Crippen molar-refractivity contribution in [2.45, 2.75) is 46.0 Å².